The molecule has 4 nitrogen and oxygen atoms in total. The highest BCUT2D eigenvalue weighted by Gasteiger charge is 2.19. The molecular formula is C14H21NO3. The molecule has 0 saturated carbocycles. The van der Waals surface area contributed by atoms with Gasteiger partial charge in [0.05, 0.1) is 0 Å². The number of phenols is 1. The van der Waals surface area contributed by atoms with Gasteiger partial charge in [0, 0.05) is 24.3 Å². The van der Waals surface area contributed by atoms with Crippen LogP contribution >= 0.6 is 0 Å². The summed E-state index contributed by atoms with van der Waals surface area (Å²) in [5.41, 5.74) is 0.916. The van der Waals surface area contributed by atoms with Crippen LogP contribution in [0.15, 0.2) is 18.2 Å². The van der Waals surface area contributed by atoms with Gasteiger partial charge in [-0.05, 0) is 30.9 Å². The van der Waals surface area contributed by atoms with Gasteiger partial charge in [-0.25, -0.2) is 0 Å². The number of aromatic hydroxyl groups is 1. The Morgan fingerprint density at radius 2 is 2.06 bits per heavy atom. The highest BCUT2D eigenvalue weighted by molar-refractivity contribution is 5.96. The van der Waals surface area contributed by atoms with Crippen LogP contribution in [0.4, 0.5) is 0 Å². The third kappa shape index (κ3) is 3.74. The molecule has 18 heavy (non-hydrogen) atoms. The van der Waals surface area contributed by atoms with E-state index in [1.807, 2.05) is 13.8 Å². The molecule has 0 aromatic heterocycles. The number of rotatable bonds is 5. The standard InChI is InChI=1S/C14H21NO3/c1-10-11(5-4-6-12(10)17)13(18)15-9-14(2,3)7-8-16/h4-6,16-17H,7-9H2,1-3H3,(H,15,18). The van der Waals surface area contributed by atoms with Gasteiger partial charge >= 0.3 is 0 Å². The third-order valence-corrected chi connectivity index (χ3v) is 3.07. The number of nitrogens with one attached hydrogen (secondary N) is 1. The number of aliphatic hydroxyl groups is 1. The average Bonchev–Trinajstić information content (AvgIpc) is 2.30. The van der Waals surface area contributed by atoms with Gasteiger partial charge in [0.25, 0.3) is 5.91 Å². The summed E-state index contributed by atoms with van der Waals surface area (Å²) >= 11 is 0. The van der Waals surface area contributed by atoms with E-state index in [4.69, 9.17) is 5.11 Å². The van der Waals surface area contributed by atoms with E-state index in [0.29, 0.717) is 24.1 Å². The topological polar surface area (TPSA) is 69.6 Å². The maximum absolute atomic E-state index is 12.0. The second-order valence-corrected chi connectivity index (χ2v) is 5.27. The zero-order valence-corrected chi connectivity index (χ0v) is 11.2. The fourth-order valence-electron chi connectivity index (χ4n) is 1.68. The summed E-state index contributed by atoms with van der Waals surface area (Å²) in [5.74, 6) is -0.0771. The Kier molecular flexibility index (Phi) is 4.73. The van der Waals surface area contributed by atoms with Crippen LogP contribution in [0.3, 0.4) is 0 Å². The molecule has 0 spiro atoms. The number of hydrogen-bond acceptors (Lipinski definition) is 3. The number of hydrogen-bond donors (Lipinski definition) is 3. The largest absolute Gasteiger partial charge is 0.508 e. The Morgan fingerprint density at radius 3 is 2.67 bits per heavy atom. The van der Waals surface area contributed by atoms with Gasteiger partial charge in [-0.1, -0.05) is 19.9 Å². The molecule has 0 unspecified atom stereocenters. The van der Waals surface area contributed by atoms with Gasteiger partial charge < -0.3 is 15.5 Å². The fourth-order valence-corrected chi connectivity index (χ4v) is 1.68. The maximum Gasteiger partial charge on any atom is 0.251 e. The minimum absolute atomic E-state index is 0.105. The zero-order chi connectivity index (χ0) is 13.8. The maximum atomic E-state index is 12.0. The van der Waals surface area contributed by atoms with E-state index in [-0.39, 0.29) is 23.7 Å². The van der Waals surface area contributed by atoms with E-state index in [1.165, 1.54) is 0 Å². The molecule has 0 bridgehead atoms. The smallest absolute Gasteiger partial charge is 0.251 e. The average molecular weight is 251 g/mol. The monoisotopic (exact) mass is 251 g/mol. The predicted molar refractivity (Wildman–Crippen MR) is 70.7 cm³/mol. The van der Waals surface area contributed by atoms with E-state index >= 15 is 0 Å². The third-order valence-electron chi connectivity index (χ3n) is 3.07. The SMILES string of the molecule is Cc1c(O)cccc1C(=O)NCC(C)(C)CCO. The first-order valence-corrected chi connectivity index (χ1v) is 6.05. The van der Waals surface area contributed by atoms with Gasteiger partial charge in [0.1, 0.15) is 5.75 Å². The molecule has 0 radical (unpaired) electrons. The highest BCUT2D eigenvalue weighted by Crippen LogP contribution is 2.21. The van der Waals surface area contributed by atoms with Crippen molar-refractivity contribution in [3.63, 3.8) is 0 Å². The Balaban J connectivity index is 2.69. The number of carbonyl (C=O) groups is 1. The van der Waals surface area contributed by atoms with Crippen LogP contribution in [0.1, 0.15) is 36.2 Å². The van der Waals surface area contributed by atoms with Crippen molar-refractivity contribution in [1.29, 1.82) is 0 Å². The van der Waals surface area contributed by atoms with E-state index in [0.717, 1.165) is 0 Å². The van der Waals surface area contributed by atoms with Crippen molar-refractivity contribution in [1.82, 2.24) is 5.32 Å². The van der Waals surface area contributed by atoms with Crippen molar-refractivity contribution < 1.29 is 15.0 Å². The van der Waals surface area contributed by atoms with Crippen molar-refractivity contribution in [2.24, 2.45) is 5.41 Å². The molecular weight excluding hydrogens is 230 g/mol. The molecule has 0 atom stereocenters. The van der Waals surface area contributed by atoms with Crippen molar-refractivity contribution in [3.8, 4) is 5.75 Å². The fraction of sp³-hybridized carbons (Fsp3) is 0.500. The van der Waals surface area contributed by atoms with Crippen molar-refractivity contribution in [2.45, 2.75) is 27.2 Å². The quantitative estimate of drug-likeness (QED) is 0.748. The van der Waals surface area contributed by atoms with E-state index in [9.17, 15) is 9.90 Å². The van der Waals surface area contributed by atoms with E-state index in [2.05, 4.69) is 5.32 Å². The Morgan fingerprint density at radius 1 is 1.39 bits per heavy atom. The summed E-state index contributed by atoms with van der Waals surface area (Å²) in [6.45, 7) is 6.27. The molecule has 100 valence electrons. The lowest BCUT2D eigenvalue weighted by molar-refractivity contribution is 0.0927. The van der Waals surface area contributed by atoms with Crippen LogP contribution in [0.25, 0.3) is 0 Å². The van der Waals surface area contributed by atoms with Gasteiger partial charge in [0.15, 0.2) is 0 Å². The van der Waals surface area contributed by atoms with Crippen molar-refractivity contribution in [2.75, 3.05) is 13.2 Å². The molecule has 1 aromatic carbocycles. The molecule has 1 amide bonds. The Bertz CT molecular complexity index is 427. The van der Waals surface area contributed by atoms with Gasteiger partial charge in [-0.3, -0.25) is 4.79 Å². The minimum Gasteiger partial charge on any atom is -0.508 e. The number of aliphatic hydroxyl groups excluding tert-OH is 1. The lowest BCUT2D eigenvalue weighted by atomic mass is 9.89. The van der Waals surface area contributed by atoms with Crippen LogP contribution in [-0.2, 0) is 0 Å². The van der Waals surface area contributed by atoms with Crippen molar-refractivity contribution in [3.05, 3.63) is 29.3 Å². The molecule has 1 aromatic rings. The van der Waals surface area contributed by atoms with Gasteiger partial charge in [-0.15, -0.1) is 0 Å². The van der Waals surface area contributed by atoms with Crippen molar-refractivity contribution >= 4 is 5.91 Å². The Hall–Kier alpha value is -1.55. The minimum atomic E-state index is -0.200. The normalized spacial score (nSPS) is 11.3. The lowest BCUT2D eigenvalue weighted by Crippen LogP contribution is -2.34. The van der Waals surface area contributed by atoms with Crippen LogP contribution in [0.5, 0.6) is 5.75 Å². The second kappa shape index (κ2) is 5.87. The summed E-state index contributed by atoms with van der Waals surface area (Å²) < 4.78 is 0. The zero-order valence-electron chi connectivity index (χ0n) is 11.2. The molecule has 1 rings (SSSR count). The number of benzene rings is 1. The molecule has 3 N–H and O–H groups in total. The first kappa shape index (κ1) is 14.5. The van der Waals surface area contributed by atoms with Crippen LogP contribution in [0, 0.1) is 12.3 Å². The number of carbonyl (C=O) groups excluding carboxylic acids is 1. The highest BCUT2D eigenvalue weighted by atomic mass is 16.3. The summed E-state index contributed by atoms with van der Waals surface area (Å²) in [7, 11) is 0. The lowest BCUT2D eigenvalue weighted by Gasteiger charge is -2.24. The van der Waals surface area contributed by atoms with Gasteiger partial charge in [-0.2, -0.15) is 0 Å². The van der Waals surface area contributed by atoms with Crippen LogP contribution in [-0.4, -0.2) is 29.3 Å². The molecule has 0 aliphatic heterocycles. The predicted octanol–water partition coefficient (Wildman–Crippen LogP) is 1.84. The number of amides is 1. The molecule has 0 aliphatic rings. The molecule has 0 fully saturated rings. The Labute approximate surface area is 108 Å². The number of phenolic OH excluding ortho intramolecular Hbond substituents is 1. The van der Waals surface area contributed by atoms with E-state index in [1.54, 1.807) is 25.1 Å². The van der Waals surface area contributed by atoms with Gasteiger partial charge in [0.2, 0.25) is 0 Å². The molecule has 0 aliphatic carbocycles. The molecule has 0 heterocycles. The summed E-state index contributed by atoms with van der Waals surface area (Å²) in [5, 5.41) is 21.3. The summed E-state index contributed by atoms with van der Waals surface area (Å²) in [4.78, 5) is 12.0. The van der Waals surface area contributed by atoms with Crippen LogP contribution in [0.2, 0.25) is 0 Å². The van der Waals surface area contributed by atoms with Crippen LogP contribution < -0.4 is 5.32 Å². The first-order valence-electron chi connectivity index (χ1n) is 6.05. The molecule has 0 saturated heterocycles. The van der Waals surface area contributed by atoms with E-state index < -0.39 is 0 Å². The summed E-state index contributed by atoms with van der Waals surface area (Å²) in [6.07, 6.45) is 0.631. The summed E-state index contributed by atoms with van der Waals surface area (Å²) in [6, 6.07) is 4.89. The second-order valence-electron chi connectivity index (χ2n) is 5.27. The first-order chi connectivity index (χ1) is 8.37. The molecule has 4 heteroatoms.